The molecule has 0 aromatic heterocycles. The summed E-state index contributed by atoms with van der Waals surface area (Å²) in [5.74, 6) is 0.0706. The van der Waals surface area contributed by atoms with Crippen LogP contribution < -0.4 is 10.6 Å². The Morgan fingerprint density at radius 2 is 2.00 bits per heavy atom. The highest BCUT2D eigenvalue weighted by atomic mass is 16.2. The number of rotatable bonds is 2. The van der Waals surface area contributed by atoms with E-state index in [0.717, 1.165) is 6.42 Å². The van der Waals surface area contributed by atoms with Gasteiger partial charge >= 0.3 is 6.03 Å². The summed E-state index contributed by atoms with van der Waals surface area (Å²) in [6, 6.07) is 0.0275. The SMILES string of the molecule is CNC(=O)N1CC[C@@H](NC(=O)CC(C)(C)C)C1. The number of urea groups is 1. The van der Waals surface area contributed by atoms with Gasteiger partial charge in [0, 0.05) is 32.6 Å². The largest absolute Gasteiger partial charge is 0.352 e. The average Bonchev–Trinajstić information content (AvgIpc) is 2.62. The Kier molecular flexibility index (Phi) is 4.37. The van der Waals surface area contributed by atoms with Crippen LogP contribution in [0.25, 0.3) is 0 Å². The number of amides is 3. The van der Waals surface area contributed by atoms with Crippen LogP contribution in [-0.4, -0.2) is 43.0 Å². The predicted molar refractivity (Wildman–Crippen MR) is 66.6 cm³/mol. The van der Waals surface area contributed by atoms with Gasteiger partial charge in [0.25, 0.3) is 0 Å². The fourth-order valence-corrected chi connectivity index (χ4v) is 1.98. The van der Waals surface area contributed by atoms with Crippen molar-refractivity contribution in [1.82, 2.24) is 15.5 Å². The lowest BCUT2D eigenvalue weighted by Crippen LogP contribution is -2.41. The van der Waals surface area contributed by atoms with Gasteiger partial charge in [0.05, 0.1) is 0 Å². The van der Waals surface area contributed by atoms with E-state index in [2.05, 4.69) is 10.6 Å². The predicted octanol–water partition coefficient (Wildman–Crippen LogP) is 0.952. The first kappa shape index (κ1) is 13.8. The van der Waals surface area contributed by atoms with Gasteiger partial charge in [-0.15, -0.1) is 0 Å². The molecule has 3 amide bonds. The molecular formula is C12H23N3O2. The summed E-state index contributed by atoms with van der Waals surface area (Å²) in [6.07, 6.45) is 1.35. The van der Waals surface area contributed by atoms with E-state index in [1.807, 2.05) is 20.8 Å². The van der Waals surface area contributed by atoms with Crippen molar-refractivity contribution in [3.8, 4) is 0 Å². The topological polar surface area (TPSA) is 61.4 Å². The summed E-state index contributed by atoms with van der Waals surface area (Å²) in [4.78, 5) is 24.8. The fraction of sp³-hybridized carbons (Fsp3) is 0.833. The molecule has 0 unspecified atom stereocenters. The Balaban J connectivity index is 2.35. The van der Waals surface area contributed by atoms with Gasteiger partial charge in [-0.05, 0) is 11.8 Å². The van der Waals surface area contributed by atoms with Crippen LogP contribution in [0.4, 0.5) is 4.79 Å². The second-order valence-electron chi connectivity index (χ2n) is 5.79. The minimum Gasteiger partial charge on any atom is -0.352 e. The third-order valence-corrected chi connectivity index (χ3v) is 2.75. The van der Waals surface area contributed by atoms with Gasteiger partial charge < -0.3 is 15.5 Å². The highest BCUT2D eigenvalue weighted by Crippen LogP contribution is 2.18. The molecule has 1 aliphatic heterocycles. The molecule has 5 nitrogen and oxygen atoms in total. The third-order valence-electron chi connectivity index (χ3n) is 2.75. The van der Waals surface area contributed by atoms with Crippen molar-refractivity contribution < 1.29 is 9.59 Å². The molecular weight excluding hydrogens is 218 g/mol. The molecule has 1 rings (SSSR count). The zero-order valence-electron chi connectivity index (χ0n) is 11.2. The molecule has 2 N–H and O–H groups in total. The van der Waals surface area contributed by atoms with Crippen molar-refractivity contribution in [3.63, 3.8) is 0 Å². The average molecular weight is 241 g/mol. The van der Waals surface area contributed by atoms with Crippen LogP contribution in [-0.2, 0) is 4.79 Å². The lowest BCUT2D eigenvalue weighted by Gasteiger charge is -2.20. The minimum absolute atomic E-state index is 0.00314. The molecule has 0 aromatic carbocycles. The van der Waals surface area contributed by atoms with Crippen molar-refractivity contribution >= 4 is 11.9 Å². The first-order chi connectivity index (χ1) is 7.81. The van der Waals surface area contributed by atoms with Crippen molar-refractivity contribution in [2.45, 2.75) is 39.7 Å². The molecule has 0 spiro atoms. The highest BCUT2D eigenvalue weighted by molar-refractivity contribution is 5.77. The van der Waals surface area contributed by atoms with E-state index in [-0.39, 0.29) is 23.4 Å². The Bertz CT molecular complexity index is 297. The van der Waals surface area contributed by atoms with Crippen LogP contribution in [0.15, 0.2) is 0 Å². The lowest BCUT2D eigenvalue weighted by molar-refractivity contribution is -0.123. The van der Waals surface area contributed by atoms with Crippen LogP contribution >= 0.6 is 0 Å². The standard InChI is InChI=1S/C12H23N3O2/c1-12(2,3)7-10(16)14-9-5-6-15(8-9)11(17)13-4/h9H,5-8H2,1-4H3,(H,13,17)(H,14,16)/t9-/m1/s1. The number of carbonyl (C=O) groups is 2. The number of hydrogen-bond donors (Lipinski definition) is 2. The molecule has 1 aliphatic rings. The highest BCUT2D eigenvalue weighted by Gasteiger charge is 2.27. The number of nitrogens with one attached hydrogen (secondary N) is 2. The Labute approximate surface area is 103 Å². The smallest absolute Gasteiger partial charge is 0.317 e. The van der Waals surface area contributed by atoms with Crippen molar-refractivity contribution in [2.24, 2.45) is 5.41 Å². The first-order valence-electron chi connectivity index (χ1n) is 6.08. The van der Waals surface area contributed by atoms with Crippen LogP contribution in [0.3, 0.4) is 0 Å². The minimum atomic E-state index is -0.0717. The first-order valence-corrected chi connectivity index (χ1v) is 6.08. The number of nitrogens with zero attached hydrogens (tertiary/aromatic N) is 1. The third kappa shape index (κ3) is 4.63. The van der Waals surface area contributed by atoms with Gasteiger partial charge in [0.2, 0.25) is 5.91 Å². The molecule has 0 aliphatic carbocycles. The van der Waals surface area contributed by atoms with E-state index < -0.39 is 0 Å². The van der Waals surface area contributed by atoms with E-state index in [1.54, 1.807) is 11.9 Å². The van der Waals surface area contributed by atoms with Crippen LogP contribution in [0.5, 0.6) is 0 Å². The zero-order chi connectivity index (χ0) is 13.1. The quantitative estimate of drug-likeness (QED) is 0.756. The van der Waals surface area contributed by atoms with E-state index >= 15 is 0 Å². The Morgan fingerprint density at radius 3 is 2.53 bits per heavy atom. The monoisotopic (exact) mass is 241 g/mol. The van der Waals surface area contributed by atoms with Gasteiger partial charge in [0.15, 0.2) is 0 Å². The molecule has 0 bridgehead atoms. The summed E-state index contributed by atoms with van der Waals surface area (Å²) >= 11 is 0. The summed E-state index contributed by atoms with van der Waals surface area (Å²) < 4.78 is 0. The lowest BCUT2D eigenvalue weighted by atomic mass is 9.92. The van der Waals surface area contributed by atoms with Gasteiger partial charge in [-0.3, -0.25) is 4.79 Å². The summed E-state index contributed by atoms with van der Waals surface area (Å²) in [7, 11) is 1.62. The molecule has 0 radical (unpaired) electrons. The van der Waals surface area contributed by atoms with Gasteiger partial charge in [-0.1, -0.05) is 20.8 Å². The summed E-state index contributed by atoms with van der Waals surface area (Å²) in [5, 5.41) is 5.58. The molecule has 5 heteroatoms. The fourth-order valence-electron chi connectivity index (χ4n) is 1.98. The van der Waals surface area contributed by atoms with Crippen molar-refractivity contribution in [2.75, 3.05) is 20.1 Å². The van der Waals surface area contributed by atoms with E-state index in [9.17, 15) is 9.59 Å². The zero-order valence-corrected chi connectivity index (χ0v) is 11.2. The van der Waals surface area contributed by atoms with Gasteiger partial charge in [-0.25, -0.2) is 4.79 Å². The second-order valence-corrected chi connectivity index (χ2v) is 5.79. The van der Waals surface area contributed by atoms with Crippen LogP contribution in [0, 0.1) is 5.41 Å². The molecule has 0 aromatic rings. The van der Waals surface area contributed by atoms with E-state index in [4.69, 9.17) is 0 Å². The maximum absolute atomic E-state index is 11.7. The summed E-state index contributed by atoms with van der Waals surface area (Å²) in [5.41, 5.74) is 0.00314. The maximum atomic E-state index is 11.7. The number of likely N-dealkylation sites (tertiary alicyclic amines) is 1. The van der Waals surface area contributed by atoms with Gasteiger partial charge in [-0.2, -0.15) is 0 Å². The van der Waals surface area contributed by atoms with E-state index in [0.29, 0.717) is 19.5 Å². The Morgan fingerprint density at radius 1 is 1.35 bits per heavy atom. The molecule has 17 heavy (non-hydrogen) atoms. The Hall–Kier alpha value is -1.26. The van der Waals surface area contributed by atoms with Crippen LogP contribution in [0.2, 0.25) is 0 Å². The molecule has 0 saturated carbocycles. The molecule has 1 heterocycles. The molecule has 1 fully saturated rings. The van der Waals surface area contributed by atoms with Gasteiger partial charge in [0.1, 0.15) is 0 Å². The molecule has 98 valence electrons. The summed E-state index contributed by atoms with van der Waals surface area (Å²) in [6.45, 7) is 7.43. The maximum Gasteiger partial charge on any atom is 0.317 e. The van der Waals surface area contributed by atoms with E-state index in [1.165, 1.54) is 0 Å². The second kappa shape index (κ2) is 5.38. The van der Waals surface area contributed by atoms with Crippen molar-refractivity contribution in [3.05, 3.63) is 0 Å². The number of carbonyl (C=O) groups excluding carboxylic acids is 2. The molecule has 1 atom stereocenters. The van der Waals surface area contributed by atoms with Crippen LogP contribution in [0.1, 0.15) is 33.6 Å². The van der Waals surface area contributed by atoms with Crippen molar-refractivity contribution in [1.29, 1.82) is 0 Å². The normalized spacial score (nSPS) is 20.2. The number of hydrogen-bond acceptors (Lipinski definition) is 2. The molecule has 1 saturated heterocycles.